The van der Waals surface area contributed by atoms with E-state index >= 15 is 0 Å². The number of methoxy groups -OCH3 is 2. The summed E-state index contributed by atoms with van der Waals surface area (Å²) in [5.74, 6) is 1.06. The van der Waals surface area contributed by atoms with Crippen LogP contribution in [0.4, 0.5) is 5.69 Å². The van der Waals surface area contributed by atoms with Crippen LogP contribution in [0.1, 0.15) is 56.3 Å². The molecule has 1 aromatic rings. The average Bonchev–Trinajstić information content (AvgIpc) is 2.85. The van der Waals surface area contributed by atoms with Crippen LogP contribution in [-0.4, -0.2) is 87.9 Å². The first kappa shape index (κ1) is 27.4. The first-order valence-corrected chi connectivity index (χ1v) is 12.9. The molecular weight excluding hydrogens is 446 g/mol. The summed E-state index contributed by atoms with van der Waals surface area (Å²) in [4.78, 5) is 29.7. The zero-order valence-electron chi connectivity index (χ0n) is 22.0. The molecule has 2 amide bonds. The second-order valence-electron chi connectivity index (χ2n) is 10.2. The Morgan fingerprint density at radius 1 is 1.14 bits per heavy atom. The maximum Gasteiger partial charge on any atom is 0.257 e. The minimum Gasteiger partial charge on any atom is -0.491 e. The molecule has 1 aliphatic heterocycles. The third-order valence-electron chi connectivity index (χ3n) is 7.35. The van der Waals surface area contributed by atoms with Gasteiger partial charge in [0.15, 0.2) is 0 Å². The monoisotopic (exact) mass is 489 g/mol. The molecule has 1 fully saturated rings. The lowest BCUT2D eigenvalue weighted by Gasteiger charge is -2.38. The highest BCUT2D eigenvalue weighted by molar-refractivity contribution is 5.99. The molecule has 0 bridgehead atoms. The summed E-state index contributed by atoms with van der Waals surface area (Å²) in [6.45, 7) is 7.28. The summed E-state index contributed by atoms with van der Waals surface area (Å²) in [5.41, 5.74) is 0.962. The normalized spacial score (nSPS) is 25.2. The summed E-state index contributed by atoms with van der Waals surface area (Å²) >= 11 is 0. The number of nitrogens with zero attached hydrogens (tertiary/aromatic N) is 2. The molecule has 3 rings (SSSR count). The molecule has 1 aromatic carbocycles. The van der Waals surface area contributed by atoms with Gasteiger partial charge in [0.05, 0.1) is 11.7 Å². The maximum atomic E-state index is 13.4. The van der Waals surface area contributed by atoms with E-state index in [1.807, 2.05) is 0 Å². The second kappa shape index (κ2) is 13.2. The standard InChI is InChI=1S/C27H43N3O5/c1-19-14-30(15-21-9-7-6-8-10-21)20(2)17-35-24-12-11-22(28-26(31)18-33-4)13-23(24)27(32)29(3)16-25(19)34-5/h11-13,19-21,25H,6-10,14-18H2,1-5H3,(H,28,31)/t19-,20-,25-/m1/s1. The van der Waals surface area contributed by atoms with Gasteiger partial charge in [-0.05, 0) is 49.8 Å². The summed E-state index contributed by atoms with van der Waals surface area (Å²) < 4.78 is 17.0. The van der Waals surface area contributed by atoms with E-state index in [4.69, 9.17) is 14.2 Å². The Morgan fingerprint density at radius 3 is 2.57 bits per heavy atom. The Morgan fingerprint density at radius 2 is 1.89 bits per heavy atom. The van der Waals surface area contributed by atoms with Crippen molar-refractivity contribution in [1.82, 2.24) is 9.80 Å². The van der Waals surface area contributed by atoms with Crippen LogP contribution < -0.4 is 10.1 Å². The number of fused-ring (bicyclic) bond motifs is 1. The topological polar surface area (TPSA) is 80.3 Å². The number of hydrogen-bond acceptors (Lipinski definition) is 6. The van der Waals surface area contributed by atoms with E-state index in [-0.39, 0.29) is 36.5 Å². The van der Waals surface area contributed by atoms with Gasteiger partial charge in [0.1, 0.15) is 19.0 Å². The van der Waals surface area contributed by atoms with Gasteiger partial charge in [-0.3, -0.25) is 14.5 Å². The van der Waals surface area contributed by atoms with Crippen LogP contribution in [-0.2, 0) is 14.3 Å². The van der Waals surface area contributed by atoms with Gasteiger partial charge in [0.2, 0.25) is 5.91 Å². The molecule has 1 saturated carbocycles. The van der Waals surface area contributed by atoms with E-state index < -0.39 is 0 Å². The predicted molar refractivity (Wildman–Crippen MR) is 137 cm³/mol. The number of rotatable bonds is 6. The van der Waals surface area contributed by atoms with Gasteiger partial charge in [-0.25, -0.2) is 0 Å². The number of carbonyl (C=O) groups excluding carboxylic acids is 2. The fourth-order valence-corrected chi connectivity index (χ4v) is 5.21. The van der Waals surface area contributed by atoms with Crippen LogP contribution in [0.5, 0.6) is 5.75 Å². The van der Waals surface area contributed by atoms with Gasteiger partial charge in [-0.2, -0.15) is 0 Å². The number of anilines is 1. The molecule has 0 spiro atoms. The highest BCUT2D eigenvalue weighted by Crippen LogP contribution is 2.28. The number of likely N-dealkylation sites (N-methyl/N-ethyl adjacent to an activating group) is 1. The van der Waals surface area contributed by atoms with Crippen molar-refractivity contribution >= 4 is 17.5 Å². The molecule has 1 heterocycles. The summed E-state index contributed by atoms with van der Waals surface area (Å²) in [6, 6.07) is 5.40. The Kier molecular flexibility index (Phi) is 10.4. The summed E-state index contributed by atoms with van der Waals surface area (Å²) in [5, 5.41) is 2.78. The molecule has 0 aromatic heterocycles. The third-order valence-corrected chi connectivity index (χ3v) is 7.35. The van der Waals surface area contributed by atoms with Crippen molar-refractivity contribution in [3.05, 3.63) is 23.8 Å². The van der Waals surface area contributed by atoms with Gasteiger partial charge in [-0.1, -0.05) is 26.2 Å². The smallest absolute Gasteiger partial charge is 0.257 e. The Balaban J connectivity index is 1.87. The molecule has 0 radical (unpaired) electrons. The molecule has 3 atom stereocenters. The largest absolute Gasteiger partial charge is 0.491 e. The first-order chi connectivity index (χ1) is 16.8. The molecule has 1 aliphatic carbocycles. The summed E-state index contributed by atoms with van der Waals surface area (Å²) in [7, 11) is 4.98. The van der Waals surface area contributed by atoms with E-state index in [1.165, 1.54) is 39.2 Å². The fourth-order valence-electron chi connectivity index (χ4n) is 5.21. The van der Waals surface area contributed by atoms with E-state index in [0.29, 0.717) is 30.2 Å². The number of amides is 2. The third kappa shape index (κ3) is 7.66. The predicted octanol–water partition coefficient (Wildman–Crippen LogP) is 3.66. The number of hydrogen-bond donors (Lipinski definition) is 1. The molecule has 35 heavy (non-hydrogen) atoms. The molecular formula is C27H43N3O5. The number of ether oxygens (including phenoxy) is 3. The Hall–Kier alpha value is -2.16. The van der Waals surface area contributed by atoms with Crippen LogP contribution in [0.2, 0.25) is 0 Å². The van der Waals surface area contributed by atoms with Crippen LogP contribution >= 0.6 is 0 Å². The van der Waals surface area contributed by atoms with Crippen molar-refractivity contribution in [2.45, 2.75) is 58.1 Å². The number of nitrogens with one attached hydrogen (secondary N) is 1. The fraction of sp³-hybridized carbons (Fsp3) is 0.704. The van der Waals surface area contributed by atoms with Crippen molar-refractivity contribution < 1.29 is 23.8 Å². The quantitative estimate of drug-likeness (QED) is 0.657. The molecule has 2 aliphatic rings. The minimum absolute atomic E-state index is 0.0524. The molecule has 0 unspecified atom stereocenters. The van der Waals surface area contributed by atoms with Gasteiger partial charge < -0.3 is 24.4 Å². The van der Waals surface area contributed by atoms with Crippen molar-refractivity contribution in [3.63, 3.8) is 0 Å². The SMILES string of the molecule is COCC(=O)Nc1ccc2c(c1)C(=O)N(C)C[C@@H](OC)[C@H](C)CN(CC1CCCCC1)[C@H](C)CO2. The second-order valence-corrected chi connectivity index (χ2v) is 10.2. The van der Waals surface area contributed by atoms with E-state index in [1.54, 1.807) is 37.3 Å². The van der Waals surface area contributed by atoms with Gasteiger partial charge in [0, 0.05) is 52.6 Å². The Labute approximate surface area is 210 Å². The van der Waals surface area contributed by atoms with Crippen molar-refractivity contribution in [2.75, 3.05) is 59.4 Å². The van der Waals surface area contributed by atoms with Crippen LogP contribution in [0.3, 0.4) is 0 Å². The average molecular weight is 490 g/mol. The minimum atomic E-state index is -0.275. The van der Waals surface area contributed by atoms with Crippen molar-refractivity contribution in [3.8, 4) is 5.75 Å². The lowest BCUT2D eigenvalue weighted by atomic mass is 9.88. The lowest BCUT2D eigenvalue weighted by molar-refractivity contribution is -0.119. The highest BCUT2D eigenvalue weighted by atomic mass is 16.5. The molecule has 8 nitrogen and oxygen atoms in total. The number of benzene rings is 1. The van der Waals surface area contributed by atoms with E-state index in [9.17, 15) is 9.59 Å². The first-order valence-electron chi connectivity index (χ1n) is 12.9. The van der Waals surface area contributed by atoms with Gasteiger partial charge in [0.25, 0.3) is 5.91 Å². The van der Waals surface area contributed by atoms with E-state index in [2.05, 4.69) is 24.1 Å². The zero-order valence-corrected chi connectivity index (χ0v) is 22.0. The number of carbonyl (C=O) groups is 2. The van der Waals surface area contributed by atoms with Crippen LogP contribution in [0.15, 0.2) is 18.2 Å². The lowest BCUT2D eigenvalue weighted by Crippen LogP contribution is -2.48. The van der Waals surface area contributed by atoms with E-state index in [0.717, 1.165) is 19.0 Å². The molecule has 196 valence electrons. The van der Waals surface area contributed by atoms with Crippen LogP contribution in [0, 0.1) is 11.8 Å². The zero-order chi connectivity index (χ0) is 25.4. The maximum absolute atomic E-state index is 13.4. The molecule has 8 heteroatoms. The summed E-state index contributed by atoms with van der Waals surface area (Å²) in [6.07, 6.45) is 6.50. The Bertz CT molecular complexity index is 842. The highest BCUT2D eigenvalue weighted by Gasteiger charge is 2.29. The van der Waals surface area contributed by atoms with Crippen molar-refractivity contribution in [1.29, 1.82) is 0 Å². The molecule has 0 saturated heterocycles. The van der Waals surface area contributed by atoms with Crippen LogP contribution in [0.25, 0.3) is 0 Å². The van der Waals surface area contributed by atoms with Gasteiger partial charge >= 0.3 is 0 Å². The molecule has 1 N–H and O–H groups in total. The van der Waals surface area contributed by atoms with Crippen molar-refractivity contribution in [2.24, 2.45) is 11.8 Å². The van der Waals surface area contributed by atoms with Gasteiger partial charge in [-0.15, -0.1) is 0 Å².